The average molecular weight is 393 g/mol. The predicted molar refractivity (Wildman–Crippen MR) is 102 cm³/mol. The number of furan rings is 1. The third kappa shape index (κ3) is 5.66. The molecule has 3 rings (SSSR count). The maximum atomic E-state index is 12.4. The van der Waals surface area contributed by atoms with Gasteiger partial charge in [0, 0.05) is 11.6 Å². The van der Waals surface area contributed by atoms with Gasteiger partial charge in [0.2, 0.25) is 10.0 Å². The van der Waals surface area contributed by atoms with Crippen molar-refractivity contribution in [1.82, 2.24) is 4.72 Å². The number of sulfonamides is 1. The molecule has 0 bridgehead atoms. The molecule has 146 valence electrons. The summed E-state index contributed by atoms with van der Waals surface area (Å²) in [6.45, 7) is 4.68. The fourth-order valence-electron chi connectivity index (χ4n) is 3.39. The van der Waals surface area contributed by atoms with Crippen LogP contribution in [0.4, 0.5) is 5.69 Å². The van der Waals surface area contributed by atoms with Gasteiger partial charge in [-0.15, -0.1) is 0 Å². The smallest absolute Gasteiger partial charge is 0.279 e. The lowest BCUT2D eigenvalue weighted by molar-refractivity contribution is -0.900. The highest BCUT2D eigenvalue weighted by molar-refractivity contribution is 7.89. The summed E-state index contributed by atoms with van der Waals surface area (Å²) in [5, 5.41) is 2.82. The molecule has 2 aromatic rings. The van der Waals surface area contributed by atoms with Crippen LogP contribution in [0.2, 0.25) is 0 Å². The van der Waals surface area contributed by atoms with Crippen molar-refractivity contribution in [3.63, 3.8) is 0 Å². The van der Waals surface area contributed by atoms with Gasteiger partial charge in [0.05, 0.1) is 30.8 Å². The van der Waals surface area contributed by atoms with E-state index < -0.39 is 10.0 Å². The van der Waals surface area contributed by atoms with E-state index in [4.69, 9.17) is 4.42 Å². The number of hydrogen-bond donors (Lipinski definition) is 3. The zero-order valence-electron chi connectivity index (χ0n) is 15.4. The number of benzene rings is 1. The van der Waals surface area contributed by atoms with Gasteiger partial charge in [-0.3, -0.25) is 4.79 Å². The highest BCUT2D eigenvalue weighted by Gasteiger charge is 2.22. The lowest BCUT2D eigenvalue weighted by Crippen LogP contribution is -3.14. The average Bonchev–Trinajstić information content (AvgIpc) is 3.14. The van der Waals surface area contributed by atoms with Crippen molar-refractivity contribution in [2.75, 3.05) is 25.0 Å². The van der Waals surface area contributed by atoms with E-state index in [0.717, 1.165) is 19.5 Å². The molecule has 7 nitrogen and oxygen atoms in total. The number of carbonyl (C=O) groups excluding carboxylic acids is 1. The molecule has 1 aromatic heterocycles. The Morgan fingerprint density at radius 1 is 1.30 bits per heavy atom. The number of anilines is 1. The molecular weight excluding hydrogens is 366 g/mol. The van der Waals surface area contributed by atoms with Gasteiger partial charge in [-0.05, 0) is 43.2 Å². The molecule has 1 aromatic carbocycles. The van der Waals surface area contributed by atoms with Gasteiger partial charge >= 0.3 is 0 Å². The van der Waals surface area contributed by atoms with Crippen LogP contribution in [0.3, 0.4) is 0 Å². The zero-order valence-corrected chi connectivity index (χ0v) is 16.2. The maximum absolute atomic E-state index is 12.4. The van der Waals surface area contributed by atoms with Gasteiger partial charge in [0.25, 0.3) is 5.91 Å². The van der Waals surface area contributed by atoms with Crippen molar-refractivity contribution in [2.45, 2.75) is 31.2 Å². The number of hydrogen-bond acceptors (Lipinski definition) is 4. The van der Waals surface area contributed by atoms with Crippen molar-refractivity contribution in [3.8, 4) is 0 Å². The van der Waals surface area contributed by atoms with E-state index in [-0.39, 0.29) is 17.3 Å². The fraction of sp³-hybridized carbons (Fsp3) is 0.421. The molecule has 1 amide bonds. The second kappa shape index (κ2) is 8.69. The largest absolute Gasteiger partial charge is 0.468 e. The topological polar surface area (TPSA) is 92.9 Å². The molecule has 2 heterocycles. The third-order valence-corrected chi connectivity index (χ3v) is 6.12. The van der Waals surface area contributed by atoms with E-state index >= 15 is 0 Å². The Morgan fingerprint density at radius 3 is 2.89 bits per heavy atom. The van der Waals surface area contributed by atoms with Gasteiger partial charge in [0.15, 0.2) is 6.54 Å². The fourth-order valence-corrected chi connectivity index (χ4v) is 4.43. The molecule has 1 unspecified atom stereocenters. The van der Waals surface area contributed by atoms with E-state index in [0.29, 0.717) is 23.9 Å². The summed E-state index contributed by atoms with van der Waals surface area (Å²) in [5.74, 6) is 1.06. The first-order chi connectivity index (χ1) is 12.9. The van der Waals surface area contributed by atoms with Crippen molar-refractivity contribution in [3.05, 3.63) is 48.4 Å². The molecule has 0 aliphatic carbocycles. The summed E-state index contributed by atoms with van der Waals surface area (Å²) in [6, 6.07) is 9.67. The number of quaternary nitrogens is 1. The molecule has 0 radical (unpaired) electrons. The molecule has 0 saturated carbocycles. The molecule has 8 heteroatoms. The van der Waals surface area contributed by atoms with E-state index in [2.05, 4.69) is 17.0 Å². The van der Waals surface area contributed by atoms with Crippen molar-refractivity contribution < 1.29 is 22.5 Å². The zero-order chi connectivity index (χ0) is 19.3. The van der Waals surface area contributed by atoms with E-state index in [1.807, 2.05) is 0 Å². The Hall–Kier alpha value is -2.16. The van der Waals surface area contributed by atoms with Crippen LogP contribution in [0, 0.1) is 5.92 Å². The summed E-state index contributed by atoms with van der Waals surface area (Å²) in [6.07, 6.45) is 3.85. The number of rotatable bonds is 7. The van der Waals surface area contributed by atoms with E-state index in [9.17, 15) is 13.2 Å². The molecular formula is C19H26N3O4S+. The van der Waals surface area contributed by atoms with Crippen LogP contribution in [0.15, 0.2) is 52.0 Å². The summed E-state index contributed by atoms with van der Waals surface area (Å²) in [4.78, 5) is 13.7. The molecule has 1 saturated heterocycles. The molecule has 27 heavy (non-hydrogen) atoms. The Labute approximate surface area is 159 Å². The second-order valence-corrected chi connectivity index (χ2v) is 8.88. The first-order valence-corrected chi connectivity index (χ1v) is 10.7. The number of piperidine rings is 1. The maximum Gasteiger partial charge on any atom is 0.279 e. The first kappa shape index (κ1) is 19.6. The van der Waals surface area contributed by atoms with Crippen LogP contribution >= 0.6 is 0 Å². The van der Waals surface area contributed by atoms with Crippen molar-refractivity contribution in [1.29, 1.82) is 0 Å². The summed E-state index contributed by atoms with van der Waals surface area (Å²) < 4.78 is 32.5. The van der Waals surface area contributed by atoms with Crippen LogP contribution in [-0.2, 0) is 21.4 Å². The minimum absolute atomic E-state index is 0.0718. The first-order valence-electron chi connectivity index (χ1n) is 9.18. The Kier molecular flexibility index (Phi) is 6.30. The van der Waals surface area contributed by atoms with Gasteiger partial charge in [-0.2, -0.15) is 0 Å². The third-order valence-electron chi connectivity index (χ3n) is 4.72. The summed E-state index contributed by atoms with van der Waals surface area (Å²) >= 11 is 0. The van der Waals surface area contributed by atoms with Gasteiger partial charge < -0.3 is 14.6 Å². The molecule has 3 N–H and O–H groups in total. The lowest BCUT2D eigenvalue weighted by atomic mass is 10.0. The molecule has 1 aliphatic rings. The van der Waals surface area contributed by atoms with Gasteiger partial charge in [-0.25, -0.2) is 13.1 Å². The highest BCUT2D eigenvalue weighted by Crippen LogP contribution is 2.16. The quantitative estimate of drug-likeness (QED) is 0.656. The monoisotopic (exact) mass is 392 g/mol. The van der Waals surface area contributed by atoms with Gasteiger partial charge in [-0.1, -0.05) is 13.0 Å². The number of amides is 1. The van der Waals surface area contributed by atoms with Crippen LogP contribution in [0.1, 0.15) is 25.5 Å². The van der Waals surface area contributed by atoms with E-state index in [1.54, 1.807) is 24.3 Å². The predicted octanol–water partition coefficient (Wildman–Crippen LogP) is 1.01. The van der Waals surface area contributed by atoms with Gasteiger partial charge in [0.1, 0.15) is 5.76 Å². The SMILES string of the molecule is C[C@@H]1CCC[NH+](CC(=O)Nc2cccc(S(=O)(=O)NCc3ccco3)c2)C1. The van der Waals surface area contributed by atoms with Crippen molar-refractivity contribution >= 4 is 21.6 Å². The number of carbonyl (C=O) groups is 1. The van der Waals surface area contributed by atoms with E-state index in [1.165, 1.54) is 29.7 Å². The van der Waals surface area contributed by atoms with Crippen LogP contribution in [-0.4, -0.2) is 34.0 Å². The van der Waals surface area contributed by atoms with Crippen LogP contribution < -0.4 is 14.9 Å². The second-order valence-electron chi connectivity index (χ2n) is 7.11. The molecule has 0 spiro atoms. The minimum atomic E-state index is -3.70. The molecule has 1 fully saturated rings. The summed E-state index contributed by atoms with van der Waals surface area (Å²) in [5.41, 5.74) is 0.477. The standard InChI is InChI=1S/C19H25N3O4S/c1-15-5-3-9-22(13-15)14-19(23)21-16-6-2-8-18(11-16)27(24,25)20-12-17-7-4-10-26-17/h2,4,6-8,10-11,15,20H,3,5,9,12-14H2,1H3,(H,21,23)/p+1/t15-/m1/s1. The lowest BCUT2D eigenvalue weighted by Gasteiger charge is -2.27. The minimum Gasteiger partial charge on any atom is -0.468 e. The number of nitrogens with one attached hydrogen (secondary N) is 3. The molecule has 1 aliphatic heterocycles. The van der Waals surface area contributed by atoms with Crippen LogP contribution in [0.25, 0.3) is 0 Å². The summed E-state index contributed by atoms with van der Waals surface area (Å²) in [7, 11) is -3.70. The highest BCUT2D eigenvalue weighted by atomic mass is 32.2. The van der Waals surface area contributed by atoms with Crippen LogP contribution in [0.5, 0.6) is 0 Å². The normalized spacial score (nSPS) is 20.3. The van der Waals surface area contributed by atoms with Crippen molar-refractivity contribution in [2.24, 2.45) is 5.92 Å². The Bertz CT molecular complexity index is 865. The number of likely N-dealkylation sites (tertiary alicyclic amines) is 1. The Balaban J connectivity index is 1.59. The molecule has 2 atom stereocenters. The Morgan fingerprint density at radius 2 is 2.15 bits per heavy atom.